The molecule has 0 saturated heterocycles. The molecule has 0 heterocycles. The standard InChI is InChI=1S/C12H9Cl.Si/c13-12-9-5-4-8-11(12)10-6-2-1-3-7-10;/h1-9H;. The molecule has 0 spiro atoms. The fourth-order valence-electron chi connectivity index (χ4n) is 1.31. The lowest BCUT2D eigenvalue weighted by molar-refractivity contribution is 1.62. The number of hydrogen-bond acceptors (Lipinski definition) is 0. The molecule has 0 aliphatic carbocycles. The Bertz CT molecular complexity index is 398. The highest BCUT2D eigenvalue weighted by Crippen LogP contribution is 2.26. The van der Waals surface area contributed by atoms with E-state index in [1.807, 2.05) is 42.5 Å². The van der Waals surface area contributed by atoms with Crippen molar-refractivity contribution < 1.29 is 0 Å². The molecule has 2 heteroatoms. The summed E-state index contributed by atoms with van der Waals surface area (Å²) in [7, 11) is 0. The topological polar surface area (TPSA) is 0 Å². The van der Waals surface area contributed by atoms with Crippen molar-refractivity contribution in [3.63, 3.8) is 0 Å². The van der Waals surface area contributed by atoms with Crippen molar-refractivity contribution in [1.29, 1.82) is 0 Å². The lowest BCUT2D eigenvalue weighted by atomic mass is 10.1. The minimum absolute atomic E-state index is 0. The second-order valence-electron chi connectivity index (χ2n) is 2.85. The Kier molecular flexibility index (Phi) is 3.93. The van der Waals surface area contributed by atoms with Crippen LogP contribution in [0.15, 0.2) is 54.6 Å². The Balaban J connectivity index is 0.000000980. The van der Waals surface area contributed by atoms with Crippen molar-refractivity contribution in [1.82, 2.24) is 0 Å². The van der Waals surface area contributed by atoms with Crippen LogP contribution in [-0.4, -0.2) is 11.0 Å². The van der Waals surface area contributed by atoms with E-state index in [1.165, 1.54) is 0 Å². The third kappa shape index (κ3) is 2.25. The van der Waals surface area contributed by atoms with Gasteiger partial charge in [0, 0.05) is 21.6 Å². The van der Waals surface area contributed by atoms with Gasteiger partial charge in [-0.15, -0.1) is 0 Å². The van der Waals surface area contributed by atoms with Gasteiger partial charge in [0.05, 0.1) is 0 Å². The third-order valence-corrected chi connectivity index (χ3v) is 2.29. The average Bonchev–Trinajstić information content (AvgIpc) is 2.20. The number of hydrogen-bond donors (Lipinski definition) is 0. The highest BCUT2D eigenvalue weighted by molar-refractivity contribution is 6.33. The third-order valence-electron chi connectivity index (χ3n) is 1.96. The zero-order valence-corrected chi connectivity index (χ0v) is 9.33. The van der Waals surface area contributed by atoms with Crippen LogP contribution in [-0.2, 0) is 0 Å². The van der Waals surface area contributed by atoms with E-state index in [-0.39, 0.29) is 11.0 Å². The van der Waals surface area contributed by atoms with Gasteiger partial charge in [0.2, 0.25) is 0 Å². The summed E-state index contributed by atoms with van der Waals surface area (Å²) >= 11 is 6.06. The summed E-state index contributed by atoms with van der Waals surface area (Å²) in [5.74, 6) is 0. The summed E-state index contributed by atoms with van der Waals surface area (Å²) in [4.78, 5) is 0. The van der Waals surface area contributed by atoms with E-state index in [1.54, 1.807) is 0 Å². The highest BCUT2D eigenvalue weighted by Gasteiger charge is 1.99. The van der Waals surface area contributed by atoms with Crippen molar-refractivity contribution in [3.05, 3.63) is 59.6 Å². The van der Waals surface area contributed by atoms with E-state index in [2.05, 4.69) is 12.1 Å². The Morgan fingerprint density at radius 1 is 0.714 bits per heavy atom. The molecule has 68 valence electrons. The van der Waals surface area contributed by atoms with Crippen LogP contribution in [0.4, 0.5) is 0 Å². The lowest BCUT2D eigenvalue weighted by Gasteiger charge is -2.02. The molecule has 0 atom stereocenters. The normalized spacial score (nSPS) is 9.21. The molecule has 0 unspecified atom stereocenters. The average molecular weight is 217 g/mol. The first-order valence-electron chi connectivity index (χ1n) is 4.18. The molecular formula is C12H9ClSi. The molecule has 0 amide bonds. The van der Waals surface area contributed by atoms with Gasteiger partial charge < -0.3 is 0 Å². The van der Waals surface area contributed by atoms with E-state index in [9.17, 15) is 0 Å². The van der Waals surface area contributed by atoms with Crippen molar-refractivity contribution in [2.75, 3.05) is 0 Å². The van der Waals surface area contributed by atoms with Gasteiger partial charge in [-0.1, -0.05) is 60.1 Å². The zero-order chi connectivity index (χ0) is 9.10. The molecule has 2 aromatic rings. The van der Waals surface area contributed by atoms with Crippen LogP contribution in [0.2, 0.25) is 5.02 Å². The van der Waals surface area contributed by atoms with Crippen molar-refractivity contribution >= 4 is 22.6 Å². The van der Waals surface area contributed by atoms with Crippen LogP contribution in [0, 0.1) is 0 Å². The number of rotatable bonds is 1. The van der Waals surface area contributed by atoms with E-state index in [4.69, 9.17) is 11.6 Å². The van der Waals surface area contributed by atoms with Gasteiger partial charge in [-0.25, -0.2) is 0 Å². The monoisotopic (exact) mass is 216 g/mol. The first-order chi connectivity index (χ1) is 6.38. The molecule has 0 fully saturated rings. The Morgan fingerprint density at radius 3 is 1.93 bits per heavy atom. The fraction of sp³-hybridized carbons (Fsp3) is 0. The summed E-state index contributed by atoms with van der Waals surface area (Å²) in [6, 6.07) is 18.0. The predicted molar refractivity (Wildman–Crippen MR) is 62.6 cm³/mol. The lowest BCUT2D eigenvalue weighted by Crippen LogP contribution is -1.77. The minimum Gasteiger partial charge on any atom is -0.0837 e. The van der Waals surface area contributed by atoms with Gasteiger partial charge >= 0.3 is 0 Å². The maximum absolute atomic E-state index is 6.06. The van der Waals surface area contributed by atoms with Crippen LogP contribution in [0.5, 0.6) is 0 Å². The van der Waals surface area contributed by atoms with Crippen LogP contribution in [0.1, 0.15) is 0 Å². The molecule has 14 heavy (non-hydrogen) atoms. The van der Waals surface area contributed by atoms with Gasteiger partial charge in [-0.2, -0.15) is 0 Å². The van der Waals surface area contributed by atoms with Gasteiger partial charge in [0.25, 0.3) is 0 Å². The highest BCUT2D eigenvalue weighted by atomic mass is 35.5. The SMILES string of the molecule is Clc1ccccc1-c1ccccc1.[Si]. The smallest absolute Gasteiger partial charge is 0.0484 e. The second kappa shape index (κ2) is 4.98. The molecule has 2 rings (SSSR count). The summed E-state index contributed by atoms with van der Waals surface area (Å²) < 4.78 is 0. The van der Waals surface area contributed by atoms with E-state index < -0.39 is 0 Å². The van der Waals surface area contributed by atoms with Crippen LogP contribution >= 0.6 is 11.6 Å². The van der Waals surface area contributed by atoms with Crippen LogP contribution < -0.4 is 0 Å². The van der Waals surface area contributed by atoms with E-state index in [0.717, 1.165) is 16.1 Å². The maximum atomic E-state index is 6.06. The predicted octanol–water partition coefficient (Wildman–Crippen LogP) is 3.63. The van der Waals surface area contributed by atoms with Crippen molar-refractivity contribution in [2.45, 2.75) is 0 Å². The van der Waals surface area contributed by atoms with Crippen molar-refractivity contribution in [3.8, 4) is 11.1 Å². The quantitative estimate of drug-likeness (QED) is 0.639. The Hall–Kier alpha value is -1.05. The second-order valence-corrected chi connectivity index (χ2v) is 3.25. The molecule has 0 bridgehead atoms. The fourth-order valence-corrected chi connectivity index (χ4v) is 1.56. The Morgan fingerprint density at radius 2 is 1.29 bits per heavy atom. The van der Waals surface area contributed by atoms with Gasteiger partial charge in [-0.3, -0.25) is 0 Å². The molecule has 0 aliphatic rings. The summed E-state index contributed by atoms with van der Waals surface area (Å²) in [6.07, 6.45) is 0. The molecule has 0 aliphatic heterocycles. The van der Waals surface area contributed by atoms with E-state index in [0.29, 0.717) is 0 Å². The molecule has 0 aromatic heterocycles. The molecule has 2 aromatic carbocycles. The molecule has 0 N–H and O–H groups in total. The summed E-state index contributed by atoms with van der Waals surface area (Å²) in [5.41, 5.74) is 2.25. The molecule has 0 nitrogen and oxygen atoms in total. The maximum Gasteiger partial charge on any atom is 0.0484 e. The molecule has 4 radical (unpaired) electrons. The minimum atomic E-state index is 0. The van der Waals surface area contributed by atoms with Gasteiger partial charge in [-0.05, 0) is 11.6 Å². The van der Waals surface area contributed by atoms with Gasteiger partial charge in [0.1, 0.15) is 0 Å². The first kappa shape index (κ1) is 11.0. The van der Waals surface area contributed by atoms with E-state index >= 15 is 0 Å². The molecular weight excluding hydrogens is 208 g/mol. The van der Waals surface area contributed by atoms with Crippen molar-refractivity contribution in [2.24, 2.45) is 0 Å². The van der Waals surface area contributed by atoms with Gasteiger partial charge in [0.15, 0.2) is 0 Å². The molecule has 0 saturated carbocycles. The summed E-state index contributed by atoms with van der Waals surface area (Å²) in [5, 5.41) is 0.800. The largest absolute Gasteiger partial charge is 0.0837 e. The number of halogens is 1. The number of benzene rings is 2. The van der Waals surface area contributed by atoms with Crippen LogP contribution in [0.3, 0.4) is 0 Å². The van der Waals surface area contributed by atoms with Crippen LogP contribution in [0.25, 0.3) is 11.1 Å². The summed E-state index contributed by atoms with van der Waals surface area (Å²) in [6.45, 7) is 0. The zero-order valence-electron chi connectivity index (χ0n) is 7.57. The first-order valence-corrected chi connectivity index (χ1v) is 4.55. The Labute approximate surface area is 93.6 Å².